The second-order valence-electron chi connectivity index (χ2n) is 11.5. The number of allylic oxidation sites excluding steroid dienone is 4. The zero-order valence-electron chi connectivity index (χ0n) is 21.5. The second-order valence-corrected chi connectivity index (χ2v) is 12.4. The van der Waals surface area contributed by atoms with Gasteiger partial charge in [0.15, 0.2) is 17.1 Å². The van der Waals surface area contributed by atoms with Crippen LogP contribution in [0.4, 0.5) is 13.2 Å². The number of aliphatic hydroxyl groups is 1. The number of hydrogen-bond donors (Lipinski definition) is 1. The Labute approximate surface area is 223 Å². The van der Waals surface area contributed by atoms with Crippen LogP contribution in [0, 0.1) is 28.6 Å². The van der Waals surface area contributed by atoms with Crippen LogP contribution in [-0.4, -0.2) is 51.5 Å². The lowest BCUT2D eigenvalue weighted by atomic mass is 9.44. The summed E-state index contributed by atoms with van der Waals surface area (Å²) in [5.74, 6) is -3.59. The Kier molecular flexibility index (Phi) is 6.50. The van der Waals surface area contributed by atoms with Crippen molar-refractivity contribution >= 4 is 28.6 Å². The first-order chi connectivity index (χ1) is 17.9. The number of rotatable bonds is 4. The summed E-state index contributed by atoms with van der Waals surface area (Å²) >= 11 is 0.380. The Morgan fingerprint density at radius 1 is 1.16 bits per heavy atom. The monoisotopic (exact) mass is 548 g/mol. The van der Waals surface area contributed by atoms with Gasteiger partial charge in [-0.25, -0.2) is 18.0 Å². The molecule has 0 amide bonds. The molecule has 0 radical (unpaired) electrons. The number of aliphatic hydroxyl groups excluding tert-OH is 1. The minimum absolute atomic E-state index is 0.00304. The number of hydrogen-bond acceptors (Lipinski definition) is 6. The topological polar surface area (TPSA) is 80.7 Å². The number of ketones is 1. The predicted octanol–water partition coefficient (Wildman–Crippen LogP) is 5.33. The lowest BCUT2D eigenvalue weighted by Gasteiger charge is -2.63. The summed E-state index contributed by atoms with van der Waals surface area (Å²) in [5.41, 5.74) is -6.88. The van der Waals surface area contributed by atoms with E-state index in [0.717, 1.165) is 6.08 Å². The highest BCUT2D eigenvalue weighted by Gasteiger charge is 2.78. The van der Waals surface area contributed by atoms with Gasteiger partial charge < -0.3 is 9.84 Å². The van der Waals surface area contributed by atoms with Crippen molar-refractivity contribution in [3.63, 3.8) is 0 Å². The lowest BCUT2D eigenvalue weighted by molar-refractivity contribution is -0.221. The molecule has 0 unspecified atom stereocenters. The number of ether oxygens (including phenoxy) is 1. The van der Waals surface area contributed by atoms with Crippen molar-refractivity contribution in [2.24, 2.45) is 28.6 Å². The molecule has 38 heavy (non-hydrogen) atoms. The van der Waals surface area contributed by atoms with Gasteiger partial charge in [0.05, 0.1) is 11.7 Å². The SMILES string of the molecule is C[C@@H]1C[C@H]2[C@@H]3C[C@H](F)C4=CC(=O)C=C[C@]4(C)[C@@]3(F)[C@@H](O)C[C@]2(C)[C@]1(OC(=O)c1ccccc1)C(=O)SCF. The second kappa shape index (κ2) is 9.08. The van der Waals surface area contributed by atoms with Crippen molar-refractivity contribution in [2.45, 2.75) is 63.6 Å². The van der Waals surface area contributed by atoms with Gasteiger partial charge in [0, 0.05) is 22.7 Å². The van der Waals surface area contributed by atoms with E-state index in [0.29, 0.717) is 11.8 Å². The summed E-state index contributed by atoms with van der Waals surface area (Å²) in [7, 11) is 0. The van der Waals surface area contributed by atoms with Gasteiger partial charge >= 0.3 is 5.97 Å². The zero-order chi connectivity index (χ0) is 27.7. The number of thioether (sulfide) groups is 1. The summed E-state index contributed by atoms with van der Waals surface area (Å²) in [6.45, 7) is 4.87. The third kappa shape index (κ3) is 3.39. The van der Waals surface area contributed by atoms with Gasteiger partial charge in [0.2, 0.25) is 5.12 Å². The fourth-order valence-corrected chi connectivity index (χ4v) is 8.94. The maximum Gasteiger partial charge on any atom is 0.339 e. The third-order valence-electron chi connectivity index (χ3n) is 9.92. The molecule has 0 heterocycles. The minimum atomic E-state index is -2.34. The van der Waals surface area contributed by atoms with Crippen LogP contribution in [0.1, 0.15) is 50.4 Å². The number of carbonyl (C=O) groups is 3. The van der Waals surface area contributed by atoms with Gasteiger partial charge in [0.25, 0.3) is 0 Å². The first kappa shape index (κ1) is 27.2. The van der Waals surface area contributed by atoms with Crippen LogP contribution in [0.25, 0.3) is 0 Å². The molecule has 5 nitrogen and oxygen atoms in total. The molecule has 9 atom stereocenters. The molecule has 0 bridgehead atoms. The first-order valence-corrected chi connectivity index (χ1v) is 13.8. The molecular formula is C29H31F3O5S. The highest BCUT2D eigenvalue weighted by molar-refractivity contribution is 8.13. The Bertz CT molecular complexity index is 1240. The normalized spacial score (nSPS) is 43.5. The highest BCUT2D eigenvalue weighted by Crippen LogP contribution is 2.72. The smallest absolute Gasteiger partial charge is 0.339 e. The molecule has 0 aliphatic heterocycles. The maximum atomic E-state index is 17.4. The minimum Gasteiger partial charge on any atom is -0.446 e. The van der Waals surface area contributed by atoms with Crippen LogP contribution < -0.4 is 0 Å². The van der Waals surface area contributed by atoms with Crippen molar-refractivity contribution in [1.82, 2.24) is 0 Å². The fourth-order valence-electron chi connectivity index (χ4n) is 8.15. The number of esters is 1. The van der Waals surface area contributed by atoms with E-state index in [-0.39, 0.29) is 30.4 Å². The largest absolute Gasteiger partial charge is 0.446 e. The molecule has 1 aromatic rings. The van der Waals surface area contributed by atoms with E-state index in [1.54, 1.807) is 32.0 Å². The van der Waals surface area contributed by atoms with Crippen LogP contribution in [-0.2, 0) is 14.3 Å². The Hall–Kier alpha value is -2.39. The standard InChI is InChI=1S/C29H31F3O5S/c1-16-11-19-20-13-22(31)21-12-18(33)9-10-26(21,2)28(20,32)23(34)14-27(19,3)29(16,25(36)38-15-30)37-24(35)17-7-5-4-6-8-17/h4-10,12,16,19-20,22-23,34H,11,13-15H2,1-3H3/t16-,19+,20+,22+,23+,26+,27+,28+,29-/m1/s1. The van der Waals surface area contributed by atoms with Gasteiger partial charge in [-0.2, -0.15) is 0 Å². The number of halogens is 3. The molecule has 1 aromatic carbocycles. The number of alkyl halides is 3. The molecular weight excluding hydrogens is 517 g/mol. The van der Waals surface area contributed by atoms with Gasteiger partial charge in [-0.05, 0) is 73.7 Å². The summed E-state index contributed by atoms with van der Waals surface area (Å²) < 4.78 is 52.7. The van der Waals surface area contributed by atoms with E-state index in [1.165, 1.54) is 31.2 Å². The van der Waals surface area contributed by atoms with Crippen LogP contribution in [0.2, 0.25) is 0 Å². The third-order valence-corrected chi connectivity index (χ3v) is 10.6. The van der Waals surface area contributed by atoms with Crippen molar-refractivity contribution in [2.75, 3.05) is 6.01 Å². The highest BCUT2D eigenvalue weighted by atomic mass is 32.2. The summed E-state index contributed by atoms with van der Waals surface area (Å²) in [4.78, 5) is 39.0. The van der Waals surface area contributed by atoms with Crippen molar-refractivity contribution in [1.29, 1.82) is 0 Å². The van der Waals surface area contributed by atoms with Crippen LogP contribution in [0.15, 0.2) is 54.1 Å². The molecule has 0 aromatic heterocycles. The van der Waals surface area contributed by atoms with Crippen LogP contribution in [0.5, 0.6) is 0 Å². The number of carbonyl (C=O) groups excluding carboxylic acids is 3. The molecule has 4 aliphatic rings. The van der Waals surface area contributed by atoms with E-state index in [1.807, 2.05) is 0 Å². The number of benzene rings is 1. The van der Waals surface area contributed by atoms with E-state index in [4.69, 9.17) is 4.74 Å². The van der Waals surface area contributed by atoms with E-state index in [2.05, 4.69) is 0 Å². The molecule has 1 N–H and O–H groups in total. The van der Waals surface area contributed by atoms with Gasteiger partial charge in [-0.15, -0.1) is 0 Å². The first-order valence-electron chi connectivity index (χ1n) is 12.8. The Balaban J connectivity index is 1.63. The maximum absolute atomic E-state index is 17.4. The molecule has 4 aliphatic carbocycles. The molecule has 204 valence electrons. The van der Waals surface area contributed by atoms with Crippen molar-refractivity contribution in [3.8, 4) is 0 Å². The molecule has 3 saturated carbocycles. The molecule has 3 fully saturated rings. The molecule has 5 rings (SSSR count). The Morgan fingerprint density at radius 2 is 1.84 bits per heavy atom. The van der Waals surface area contributed by atoms with E-state index in [9.17, 15) is 23.9 Å². The quantitative estimate of drug-likeness (QED) is 0.512. The van der Waals surface area contributed by atoms with Crippen molar-refractivity contribution < 1.29 is 37.4 Å². The fraction of sp³-hybridized carbons (Fsp3) is 0.552. The number of fused-ring (bicyclic) bond motifs is 5. The van der Waals surface area contributed by atoms with Gasteiger partial charge in [-0.3, -0.25) is 9.59 Å². The van der Waals surface area contributed by atoms with Crippen LogP contribution in [0.3, 0.4) is 0 Å². The Morgan fingerprint density at radius 3 is 2.50 bits per heavy atom. The van der Waals surface area contributed by atoms with Gasteiger partial charge in [-0.1, -0.05) is 38.1 Å². The summed E-state index contributed by atoms with van der Waals surface area (Å²) in [6.07, 6.45) is 0.0121. The summed E-state index contributed by atoms with van der Waals surface area (Å²) in [6, 6.07) is 7.02. The van der Waals surface area contributed by atoms with E-state index >= 15 is 8.78 Å². The molecule has 0 spiro atoms. The molecule has 0 saturated heterocycles. The predicted molar refractivity (Wildman–Crippen MR) is 136 cm³/mol. The van der Waals surface area contributed by atoms with E-state index < -0.39 is 75.0 Å². The molecule has 9 heteroatoms. The average Bonchev–Trinajstić information content (AvgIpc) is 3.10. The zero-order valence-corrected chi connectivity index (χ0v) is 22.3. The van der Waals surface area contributed by atoms with Gasteiger partial charge in [0.1, 0.15) is 12.2 Å². The van der Waals surface area contributed by atoms with Crippen molar-refractivity contribution in [3.05, 3.63) is 59.7 Å². The summed E-state index contributed by atoms with van der Waals surface area (Å²) in [5, 5.41) is 10.8. The lowest BCUT2D eigenvalue weighted by Crippen LogP contribution is -2.70. The van der Waals surface area contributed by atoms with Crippen LogP contribution >= 0.6 is 11.8 Å². The average molecular weight is 549 g/mol.